The van der Waals surface area contributed by atoms with Gasteiger partial charge in [-0.15, -0.1) is 0 Å². The Kier molecular flexibility index (Phi) is 1.83. The monoisotopic (exact) mass is 177 g/mol. The Morgan fingerprint density at radius 2 is 2.00 bits per heavy atom. The van der Waals surface area contributed by atoms with Crippen molar-refractivity contribution in [2.45, 2.75) is 19.8 Å². The zero-order valence-electron chi connectivity index (χ0n) is 7.79. The van der Waals surface area contributed by atoms with E-state index in [1.807, 2.05) is 10.6 Å². The fraction of sp³-hybridized carbons (Fsp3) is 0.273. The molecule has 13 heavy (non-hydrogen) atoms. The van der Waals surface area contributed by atoms with Crippen LogP contribution in [0.1, 0.15) is 25.3 Å². The summed E-state index contributed by atoms with van der Waals surface area (Å²) in [5, 5.41) is 0. The van der Waals surface area contributed by atoms with Crippen LogP contribution < -0.4 is 0 Å². The summed E-state index contributed by atoms with van der Waals surface area (Å²) in [5.41, 5.74) is 2.29. The van der Waals surface area contributed by atoms with Gasteiger partial charge in [-0.1, -0.05) is 13.8 Å². The summed E-state index contributed by atoms with van der Waals surface area (Å²) in [7, 11) is 0. The van der Waals surface area contributed by atoms with Crippen molar-refractivity contribution in [3.63, 3.8) is 0 Å². The number of hydrogen-bond donors (Lipinski definition) is 0. The van der Waals surface area contributed by atoms with E-state index >= 15 is 0 Å². The van der Waals surface area contributed by atoms with E-state index in [9.17, 15) is 4.39 Å². The fourth-order valence-corrected chi connectivity index (χ4v) is 1.42. The number of nitrogens with zero attached hydrogens (tertiary/aromatic N) is 1. The molecule has 0 radical (unpaired) electrons. The molecule has 0 saturated carbocycles. The van der Waals surface area contributed by atoms with Crippen molar-refractivity contribution in [2.24, 2.45) is 0 Å². The van der Waals surface area contributed by atoms with Gasteiger partial charge in [-0.2, -0.15) is 0 Å². The summed E-state index contributed by atoms with van der Waals surface area (Å²) in [4.78, 5) is 0. The average Bonchev–Trinajstić information content (AvgIpc) is 2.46. The third-order valence-corrected chi connectivity index (χ3v) is 2.24. The molecule has 0 atom stereocenters. The molecule has 0 aliphatic rings. The van der Waals surface area contributed by atoms with Crippen LogP contribution in [-0.4, -0.2) is 4.40 Å². The lowest BCUT2D eigenvalue weighted by Crippen LogP contribution is -1.84. The molecule has 0 amide bonds. The van der Waals surface area contributed by atoms with Crippen LogP contribution in [0.15, 0.2) is 30.6 Å². The molecular formula is C11H12FN. The van der Waals surface area contributed by atoms with Crippen LogP contribution in [0.2, 0.25) is 0 Å². The summed E-state index contributed by atoms with van der Waals surface area (Å²) < 4.78 is 14.7. The number of pyridine rings is 1. The topological polar surface area (TPSA) is 4.41 Å². The van der Waals surface area contributed by atoms with E-state index in [-0.39, 0.29) is 5.82 Å². The highest BCUT2D eigenvalue weighted by Crippen LogP contribution is 2.18. The maximum atomic E-state index is 12.8. The number of aromatic nitrogens is 1. The summed E-state index contributed by atoms with van der Waals surface area (Å²) in [6.07, 6.45) is 3.48. The minimum Gasteiger partial charge on any atom is -0.321 e. The summed E-state index contributed by atoms with van der Waals surface area (Å²) in [6.45, 7) is 4.26. The van der Waals surface area contributed by atoms with Crippen LogP contribution in [0.3, 0.4) is 0 Å². The zero-order valence-corrected chi connectivity index (χ0v) is 7.79. The summed E-state index contributed by atoms with van der Waals surface area (Å²) in [6, 6.07) is 5.37. The van der Waals surface area contributed by atoms with Gasteiger partial charge in [0.15, 0.2) is 0 Å². The van der Waals surface area contributed by atoms with Crippen molar-refractivity contribution >= 4 is 5.52 Å². The molecule has 2 aromatic heterocycles. The molecule has 1 nitrogen and oxygen atoms in total. The van der Waals surface area contributed by atoms with Crippen LogP contribution in [-0.2, 0) is 0 Å². The summed E-state index contributed by atoms with van der Waals surface area (Å²) >= 11 is 0. The molecule has 0 N–H and O–H groups in total. The van der Waals surface area contributed by atoms with Gasteiger partial charge in [0.25, 0.3) is 0 Å². The highest BCUT2D eigenvalue weighted by Gasteiger charge is 2.03. The Balaban J connectivity index is 2.62. The normalized spacial score (nSPS) is 11.4. The molecule has 0 unspecified atom stereocenters. The van der Waals surface area contributed by atoms with Gasteiger partial charge in [0.1, 0.15) is 5.82 Å². The first kappa shape index (κ1) is 8.30. The zero-order chi connectivity index (χ0) is 9.42. The number of halogens is 1. The lowest BCUT2D eigenvalue weighted by molar-refractivity contribution is 0.619. The largest absolute Gasteiger partial charge is 0.321 e. The van der Waals surface area contributed by atoms with Crippen molar-refractivity contribution in [1.82, 2.24) is 4.40 Å². The fourth-order valence-electron chi connectivity index (χ4n) is 1.42. The molecular weight excluding hydrogens is 165 g/mol. The molecule has 2 heteroatoms. The highest BCUT2D eigenvalue weighted by molar-refractivity contribution is 5.50. The van der Waals surface area contributed by atoms with Gasteiger partial charge in [-0.25, -0.2) is 4.39 Å². The van der Waals surface area contributed by atoms with Gasteiger partial charge in [0, 0.05) is 17.9 Å². The van der Waals surface area contributed by atoms with Crippen molar-refractivity contribution in [3.8, 4) is 0 Å². The lowest BCUT2D eigenvalue weighted by atomic mass is 10.1. The van der Waals surface area contributed by atoms with E-state index in [0.717, 1.165) is 5.52 Å². The molecule has 0 bridgehead atoms. The second-order valence-corrected chi connectivity index (χ2v) is 3.61. The predicted octanol–water partition coefficient (Wildman–Crippen LogP) is 3.20. The van der Waals surface area contributed by atoms with Gasteiger partial charge in [-0.05, 0) is 29.7 Å². The molecule has 0 aromatic carbocycles. The van der Waals surface area contributed by atoms with Gasteiger partial charge in [0.2, 0.25) is 0 Å². The standard InChI is InChI=1S/C11H12FN/c1-8(2)9-5-11-4-3-10(12)7-13(11)6-9/h3-8H,1-2H3. The minimum atomic E-state index is -0.196. The third kappa shape index (κ3) is 1.44. The number of rotatable bonds is 1. The highest BCUT2D eigenvalue weighted by atomic mass is 19.1. The maximum absolute atomic E-state index is 12.8. The Labute approximate surface area is 76.8 Å². The molecule has 2 heterocycles. The van der Waals surface area contributed by atoms with E-state index in [1.165, 1.54) is 17.8 Å². The molecule has 0 saturated heterocycles. The van der Waals surface area contributed by atoms with Crippen molar-refractivity contribution in [3.05, 3.63) is 42.0 Å². The third-order valence-electron chi connectivity index (χ3n) is 2.24. The van der Waals surface area contributed by atoms with E-state index in [1.54, 1.807) is 6.07 Å². The van der Waals surface area contributed by atoms with E-state index in [4.69, 9.17) is 0 Å². The van der Waals surface area contributed by atoms with Crippen LogP contribution in [0.25, 0.3) is 5.52 Å². The molecule has 0 aliphatic heterocycles. The minimum absolute atomic E-state index is 0.196. The van der Waals surface area contributed by atoms with Gasteiger partial charge in [-0.3, -0.25) is 0 Å². The van der Waals surface area contributed by atoms with Crippen molar-refractivity contribution in [2.75, 3.05) is 0 Å². The van der Waals surface area contributed by atoms with E-state index < -0.39 is 0 Å². The molecule has 0 aliphatic carbocycles. The lowest BCUT2D eigenvalue weighted by Gasteiger charge is -1.96. The number of hydrogen-bond acceptors (Lipinski definition) is 0. The Morgan fingerprint density at radius 3 is 2.69 bits per heavy atom. The Bertz CT molecular complexity index is 429. The average molecular weight is 177 g/mol. The molecule has 2 aromatic rings. The Hall–Kier alpha value is -1.31. The summed E-state index contributed by atoms with van der Waals surface area (Å²) in [5.74, 6) is 0.293. The molecule has 68 valence electrons. The van der Waals surface area contributed by atoms with Crippen LogP contribution in [0, 0.1) is 5.82 Å². The predicted molar refractivity (Wildman–Crippen MR) is 51.4 cm³/mol. The smallest absolute Gasteiger partial charge is 0.139 e. The number of fused-ring (bicyclic) bond motifs is 1. The van der Waals surface area contributed by atoms with E-state index in [2.05, 4.69) is 19.9 Å². The quantitative estimate of drug-likeness (QED) is 0.630. The van der Waals surface area contributed by atoms with Crippen molar-refractivity contribution < 1.29 is 4.39 Å². The van der Waals surface area contributed by atoms with Crippen LogP contribution >= 0.6 is 0 Å². The molecule has 0 fully saturated rings. The van der Waals surface area contributed by atoms with Crippen LogP contribution in [0.4, 0.5) is 4.39 Å². The van der Waals surface area contributed by atoms with Gasteiger partial charge >= 0.3 is 0 Å². The molecule has 0 spiro atoms. The second kappa shape index (κ2) is 2.87. The van der Waals surface area contributed by atoms with Crippen molar-refractivity contribution in [1.29, 1.82) is 0 Å². The van der Waals surface area contributed by atoms with Crippen LogP contribution in [0.5, 0.6) is 0 Å². The SMILES string of the molecule is CC(C)c1cc2ccc(F)cn2c1. The maximum Gasteiger partial charge on any atom is 0.139 e. The first-order valence-corrected chi connectivity index (χ1v) is 4.44. The second-order valence-electron chi connectivity index (χ2n) is 3.61. The molecule has 2 rings (SSSR count). The van der Waals surface area contributed by atoms with Gasteiger partial charge in [0.05, 0.1) is 0 Å². The first-order valence-electron chi connectivity index (χ1n) is 4.44. The Morgan fingerprint density at radius 1 is 1.23 bits per heavy atom. The first-order chi connectivity index (χ1) is 6.16. The van der Waals surface area contributed by atoms with E-state index in [0.29, 0.717) is 5.92 Å². The van der Waals surface area contributed by atoms with Gasteiger partial charge < -0.3 is 4.40 Å².